The van der Waals surface area contributed by atoms with Gasteiger partial charge in [-0.15, -0.1) is 0 Å². The van der Waals surface area contributed by atoms with Crippen molar-refractivity contribution >= 4 is 58.9 Å². The number of piperidine rings is 1. The van der Waals surface area contributed by atoms with Crippen molar-refractivity contribution in [1.82, 2.24) is 35.6 Å². The van der Waals surface area contributed by atoms with Crippen LogP contribution < -0.4 is 21.3 Å². The van der Waals surface area contributed by atoms with E-state index in [0.29, 0.717) is 63.7 Å². The fraction of sp³-hybridized carbons (Fsp3) is 0.610. The molecule has 1 unspecified atom stereocenters. The smallest absolute Gasteiger partial charge is 0.253 e. The molecule has 3 aliphatic heterocycles. The lowest BCUT2D eigenvalue weighted by Crippen LogP contribution is -2.60. The van der Waals surface area contributed by atoms with Crippen LogP contribution in [0.25, 0.3) is 0 Å². The Morgan fingerprint density at radius 1 is 0.808 bits per heavy atom. The molecule has 4 N–H and O–H groups in total. The number of carbonyl (C=O) groups is 9. The van der Waals surface area contributed by atoms with Crippen molar-refractivity contribution < 1.29 is 52.6 Å². The van der Waals surface area contributed by atoms with Crippen molar-refractivity contribution in [2.45, 2.75) is 174 Å². The van der Waals surface area contributed by atoms with Crippen LogP contribution in [0, 0.1) is 23.7 Å². The van der Waals surface area contributed by atoms with E-state index < -0.39 is 60.1 Å². The van der Waals surface area contributed by atoms with Crippen molar-refractivity contribution in [3.8, 4) is 0 Å². The van der Waals surface area contributed by atoms with Gasteiger partial charge in [-0.05, 0) is 86.0 Å². The van der Waals surface area contributed by atoms with Gasteiger partial charge >= 0.3 is 0 Å². The van der Waals surface area contributed by atoms with Gasteiger partial charge < -0.3 is 45.4 Å². The fourth-order valence-electron chi connectivity index (χ4n) is 12.0. The van der Waals surface area contributed by atoms with E-state index in [0.717, 1.165) is 30.4 Å². The SMILES string of the molecule is CC[C@H](C)[C@@H]([C@@H](CC(=O)N1CCC[C@H]1[C@H](OC)[C@@H](C)C(=O)N[C@@H](Cc1ccccc1)C(=O)Nc1ccc(CNC(=O)CCCCCN2C(=O)C=CC2=O)cc1)OC)N(C)C(=O)[C@@H](NC(=O)[C@@H]1C2CC[C@@H](C2)N1C(C)=O)C(C)C. The molecular formula is C59H84N8O11. The topological polar surface area (TPSA) is 233 Å². The van der Waals surface area contributed by atoms with Gasteiger partial charge in [0.05, 0.1) is 36.6 Å². The highest BCUT2D eigenvalue weighted by Gasteiger charge is 2.51. The number of likely N-dealkylation sites (N-methyl/N-ethyl adjacent to an activating group) is 1. The standard InChI is InChI=1S/C59H84N8O11/c1-10-37(4)53(64(7)59(76)52(36(2)3)63-58(75)54-42-24-27-44(33-42)67(54)39(6)68)47(77-8)34-51(72)65-31-17-20-46(65)55(78-9)38(5)56(73)62-45(32-40-18-13-11-14-19-40)57(74)61-43-25-22-41(23-26-43)35-60-48(69)21-15-12-16-30-66-49(70)28-29-50(66)71/h11,13-14,18-19,22-23,25-26,28-29,36-38,42,44-47,52-55H,10,12,15-17,20-21,24,27,30-35H2,1-9H3,(H,60,69)(H,61,74)(H,62,73)(H,63,75)/t37-,38+,42?,44-,45-,46-,47+,52-,53-,54-,55+/m0/s1. The number of fused-ring (bicyclic) bond motifs is 2. The molecule has 1 aliphatic carbocycles. The molecule has 2 saturated heterocycles. The molecule has 11 atom stereocenters. The highest BCUT2D eigenvalue weighted by Crippen LogP contribution is 2.42. The first-order valence-electron chi connectivity index (χ1n) is 28.0. The number of benzene rings is 2. The van der Waals surface area contributed by atoms with Crippen molar-refractivity contribution in [2.24, 2.45) is 23.7 Å². The number of carbonyl (C=O) groups excluding carboxylic acids is 9. The third kappa shape index (κ3) is 15.2. The van der Waals surface area contributed by atoms with Gasteiger partial charge in [-0.1, -0.05) is 89.9 Å². The molecule has 6 rings (SSSR count). The van der Waals surface area contributed by atoms with Crippen LogP contribution in [0.5, 0.6) is 0 Å². The zero-order valence-corrected chi connectivity index (χ0v) is 47.2. The van der Waals surface area contributed by atoms with Crippen molar-refractivity contribution in [3.05, 3.63) is 77.9 Å². The summed E-state index contributed by atoms with van der Waals surface area (Å²) in [5, 5.41) is 11.9. The summed E-state index contributed by atoms with van der Waals surface area (Å²) < 4.78 is 12.2. The van der Waals surface area contributed by atoms with Crippen LogP contribution in [-0.2, 0) is 65.6 Å². The maximum atomic E-state index is 14.6. The first kappa shape index (κ1) is 60.8. The van der Waals surface area contributed by atoms with Crippen LogP contribution >= 0.6 is 0 Å². The Bertz CT molecular complexity index is 2450. The van der Waals surface area contributed by atoms with Gasteiger partial charge in [-0.3, -0.25) is 48.1 Å². The number of ether oxygens (including phenoxy) is 2. The second kappa shape index (κ2) is 28.4. The van der Waals surface area contributed by atoms with Gasteiger partial charge in [-0.25, -0.2) is 0 Å². The Kier molecular flexibility index (Phi) is 22.1. The first-order valence-corrected chi connectivity index (χ1v) is 28.0. The summed E-state index contributed by atoms with van der Waals surface area (Å²) in [5.74, 6) is -3.71. The molecule has 426 valence electrons. The van der Waals surface area contributed by atoms with Gasteiger partial charge in [0.1, 0.15) is 18.1 Å². The number of hydrogen-bond donors (Lipinski definition) is 4. The Hall–Kier alpha value is -6.47. The number of amides is 9. The quantitative estimate of drug-likeness (QED) is 0.0660. The fourth-order valence-corrected chi connectivity index (χ4v) is 12.0. The molecule has 3 fully saturated rings. The Morgan fingerprint density at radius 2 is 1.50 bits per heavy atom. The third-order valence-electron chi connectivity index (χ3n) is 16.5. The minimum atomic E-state index is -0.982. The Labute approximate surface area is 460 Å². The zero-order chi connectivity index (χ0) is 56.8. The third-order valence-corrected chi connectivity index (χ3v) is 16.5. The lowest BCUT2D eigenvalue weighted by atomic mass is 9.89. The van der Waals surface area contributed by atoms with Gasteiger partial charge in [0.2, 0.25) is 41.4 Å². The summed E-state index contributed by atoms with van der Waals surface area (Å²) in [6, 6.07) is 13.0. The molecule has 0 radical (unpaired) electrons. The molecule has 2 aromatic carbocycles. The number of likely N-dealkylation sites (tertiary alicyclic amines) is 2. The van der Waals surface area contributed by atoms with E-state index in [1.54, 1.807) is 52.9 Å². The normalized spacial score (nSPS) is 21.4. The zero-order valence-electron chi connectivity index (χ0n) is 47.2. The minimum absolute atomic E-state index is 0.0393. The molecule has 19 heteroatoms. The highest BCUT2D eigenvalue weighted by atomic mass is 16.5. The average molecular weight is 1080 g/mol. The molecule has 2 aromatic rings. The van der Waals surface area contributed by atoms with E-state index in [1.807, 2.05) is 58.0 Å². The summed E-state index contributed by atoms with van der Waals surface area (Å²) >= 11 is 0. The molecule has 9 amide bonds. The molecule has 0 spiro atoms. The van der Waals surface area contributed by atoms with E-state index >= 15 is 0 Å². The monoisotopic (exact) mass is 1080 g/mol. The van der Waals surface area contributed by atoms with E-state index in [2.05, 4.69) is 21.3 Å². The molecule has 2 bridgehead atoms. The molecular weight excluding hydrogens is 997 g/mol. The largest absolute Gasteiger partial charge is 0.379 e. The van der Waals surface area contributed by atoms with E-state index in [-0.39, 0.29) is 84.5 Å². The van der Waals surface area contributed by atoms with Gasteiger partial charge in [0.15, 0.2) is 0 Å². The number of anilines is 1. The summed E-state index contributed by atoms with van der Waals surface area (Å²) in [6.07, 6.45) is 7.86. The van der Waals surface area contributed by atoms with Gasteiger partial charge in [-0.2, -0.15) is 0 Å². The number of imide groups is 1. The van der Waals surface area contributed by atoms with Crippen LogP contribution in [0.2, 0.25) is 0 Å². The van der Waals surface area contributed by atoms with Crippen molar-refractivity contribution in [3.63, 3.8) is 0 Å². The summed E-state index contributed by atoms with van der Waals surface area (Å²) in [6.45, 7) is 12.0. The number of nitrogens with zero attached hydrogens (tertiary/aromatic N) is 4. The van der Waals surface area contributed by atoms with E-state index in [9.17, 15) is 43.2 Å². The summed E-state index contributed by atoms with van der Waals surface area (Å²) in [7, 11) is 4.74. The summed E-state index contributed by atoms with van der Waals surface area (Å²) in [5.41, 5.74) is 2.14. The van der Waals surface area contributed by atoms with Crippen LogP contribution in [0.4, 0.5) is 5.69 Å². The predicted molar refractivity (Wildman–Crippen MR) is 294 cm³/mol. The molecule has 78 heavy (non-hydrogen) atoms. The van der Waals surface area contributed by atoms with Crippen molar-refractivity contribution in [2.75, 3.05) is 39.7 Å². The lowest BCUT2D eigenvalue weighted by molar-refractivity contribution is -0.148. The van der Waals surface area contributed by atoms with E-state index in [1.165, 1.54) is 38.2 Å². The van der Waals surface area contributed by atoms with Gasteiger partial charge in [0.25, 0.3) is 11.8 Å². The van der Waals surface area contributed by atoms with Crippen LogP contribution in [0.15, 0.2) is 66.7 Å². The molecule has 4 aliphatic rings. The molecule has 1 saturated carbocycles. The van der Waals surface area contributed by atoms with Crippen molar-refractivity contribution in [1.29, 1.82) is 0 Å². The van der Waals surface area contributed by atoms with Crippen LogP contribution in [0.3, 0.4) is 0 Å². The second-order valence-electron chi connectivity index (χ2n) is 22.1. The Balaban J connectivity index is 1.05. The number of unbranched alkanes of at least 4 members (excludes halogenated alkanes) is 2. The van der Waals surface area contributed by atoms with Gasteiger partial charge in [0, 0.05) is 84.5 Å². The average Bonchev–Trinajstić information content (AvgIpc) is 4.38. The minimum Gasteiger partial charge on any atom is -0.379 e. The first-order chi connectivity index (χ1) is 37.3. The molecule has 0 aromatic heterocycles. The molecule has 19 nitrogen and oxygen atoms in total. The second-order valence-corrected chi connectivity index (χ2v) is 22.1. The van der Waals surface area contributed by atoms with Crippen LogP contribution in [-0.4, -0.2) is 156 Å². The highest BCUT2D eigenvalue weighted by molar-refractivity contribution is 6.12. The Morgan fingerprint density at radius 3 is 2.13 bits per heavy atom. The van der Waals surface area contributed by atoms with Crippen LogP contribution in [0.1, 0.15) is 123 Å². The number of methoxy groups -OCH3 is 2. The lowest BCUT2D eigenvalue weighted by Gasteiger charge is -2.41. The van der Waals surface area contributed by atoms with E-state index in [4.69, 9.17) is 9.47 Å². The number of hydrogen-bond acceptors (Lipinski definition) is 11. The predicted octanol–water partition coefficient (Wildman–Crippen LogP) is 4.91. The summed E-state index contributed by atoms with van der Waals surface area (Å²) in [4.78, 5) is 126. The molecule has 3 heterocycles. The number of nitrogens with one attached hydrogen (secondary N) is 4. The maximum absolute atomic E-state index is 14.6. The maximum Gasteiger partial charge on any atom is 0.253 e. The number of rotatable bonds is 28.